The third kappa shape index (κ3) is 4.44. The van der Waals surface area contributed by atoms with Gasteiger partial charge in [0, 0.05) is 23.2 Å². The van der Waals surface area contributed by atoms with E-state index in [0.717, 1.165) is 38.8 Å². The van der Waals surface area contributed by atoms with Crippen LogP contribution in [0.3, 0.4) is 0 Å². The summed E-state index contributed by atoms with van der Waals surface area (Å²) in [5.41, 5.74) is 0.673. The van der Waals surface area contributed by atoms with Gasteiger partial charge in [-0.25, -0.2) is 4.39 Å². The molecule has 2 rings (SSSR count). The van der Waals surface area contributed by atoms with Crippen molar-refractivity contribution in [2.45, 2.75) is 51.2 Å². The zero-order valence-electron chi connectivity index (χ0n) is 12.0. The maximum atomic E-state index is 13.9. The van der Waals surface area contributed by atoms with Gasteiger partial charge in [0.15, 0.2) is 0 Å². The van der Waals surface area contributed by atoms with Crippen LogP contribution in [0.4, 0.5) is 4.39 Å². The van der Waals surface area contributed by atoms with Gasteiger partial charge < -0.3 is 10.1 Å². The molecule has 0 bridgehead atoms. The van der Waals surface area contributed by atoms with Gasteiger partial charge in [-0.3, -0.25) is 0 Å². The molecule has 0 radical (unpaired) electrons. The Bertz CT molecular complexity index is 421. The SMILES string of the molecule is CCNC(CCCC1CCCO1)c1cc(Cl)ccc1F. The first kappa shape index (κ1) is 15.7. The van der Waals surface area contributed by atoms with E-state index in [1.54, 1.807) is 12.1 Å². The summed E-state index contributed by atoms with van der Waals surface area (Å²) >= 11 is 5.98. The third-order valence-electron chi connectivity index (χ3n) is 3.83. The van der Waals surface area contributed by atoms with Crippen molar-refractivity contribution in [3.8, 4) is 0 Å². The number of nitrogens with one attached hydrogen (secondary N) is 1. The molecular weight excluding hydrogens is 277 g/mol. The van der Waals surface area contributed by atoms with E-state index in [0.29, 0.717) is 16.7 Å². The van der Waals surface area contributed by atoms with Crippen molar-refractivity contribution in [1.82, 2.24) is 5.32 Å². The lowest BCUT2D eigenvalue weighted by atomic mass is 9.98. The van der Waals surface area contributed by atoms with Gasteiger partial charge in [0.1, 0.15) is 5.82 Å². The average Bonchev–Trinajstić information content (AvgIpc) is 2.94. The molecule has 0 aliphatic carbocycles. The molecule has 1 fully saturated rings. The van der Waals surface area contributed by atoms with Crippen LogP contribution in [-0.2, 0) is 4.74 Å². The van der Waals surface area contributed by atoms with Crippen LogP contribution in [0.5, 0.6) is 0 Å². The number of hydrogen-bond acceptors (Lipinski definition) is 2. The summed E-state index contributed by atoms with van der Waals surface area (Å²) in [6, 6.07) is 4.80. The minimum Gasteiger partial charge on any atom is -0.378 e. The van der Waals surface area contributed by atoms with Gasteiger partial charge >= 0.3 is 0 Å². The standard InChI is InChI=1S/C16H23ClFNO/c1-2-19-16(7-3-5-13-6-4-10-20-13)14-11-12(17)8-9-15(14)18/h8-9,11,13,16,19H,2-7,10H2,1H3. The van der Waals surface area contributed by atoms with E-state index in [4.69, 9.17) is 16.3 Å². The molecule has 20 heavy (non-hydrogen) atoms. The maximum absolute atomic E-state index is 13.9. The highest BCUT2D eigenvalue weighted by atomic mass is 35.5. The normalized spacial score (nSPS) is 20.2. The lowest BCUT2D eigenvalue weighted by molar-refractivity contribution is 0.101. The summed E-state index contributed by atoms with van der Waals surface area (Å²) in [5, 5.41) is 3.94. The largest absolute Gasteiger partial charge is 0.378 e. The van der Waals surface area contributed by atoms with E-state index in [1.807, 2.05) is 6.92 Å². The van der Waals surface area contributed by atoms with E-state index < -0.39 is 0 Å². The van der Waals surface area contributed by atoms with Gasteiger partial charge in [-0.05, 0) is 56.8 Å². The van der Waals surface area contributed by atoms with Crippen LogP contribution in [0.2, 0.25) is 5.02 Å². The summed E-state index contributed by atoms with van der Waals surface area (Å²) in [6.45, 7) is 3.75. The summed E-state index contributed by atoms with van der Waals surface area (Å²) < 4.78 is 19.6. The molecule has 0 saturated carbocycles. The number of rotatable bonds is 7. The molecular formula is C16H23ClFNO. The molecule has 2 nitrogen and oxygen atoms in total. The molecule has 1 saturated heterocycles. The van der Waals surface area contributed by atoms with E-state index in [2.05, 4.69) is 5.32 Å². The molecule has 0 spiro atoms. The fourth-order valence-electron chi connectivity index (χ4n) is 2.82. The summed E-state index contributed by atoms with van der Waals surface area (Å²) in [6.07, 6.45) is 5.74. The Balaban J connectivity index is 1.93. The van der Waals surface area contributed by atoms with Gasteiger partial charge in [0.25, 0.3) is 0 Å². The van der Waals surface area contributed by atoms with E-state index in [1.165, 1.54) is 12.5 Å². The Hall–Kier alpha value is -0.640. The Labute approximate surface area is 125 Å². The molecule has 0 aromatic heterocycles. The lowest BCUT2D eigenvalue weighted by Gasteiger charge is -2.20. The molecule has 2 unspecified atom stereocenters. The molecule has 112 valence electrons. The first-order valence-corrected chi connectivity index (χ1v) is 7.88. The number of halogens is 2. The maximum Gasteiger partial charge on any atom is 0.128 e. The van der Waals surface area contributed by atoms with Crippen LogP contribution in [0, 0.1) is 5.82 Å². The number of hydrogen-bond donors (Lipinski definition) is 1. The van der Waals surface area contributed by atoms with Crippen molar-refractivity contribution in [3.63, 3.8) is 0 Å². The fraction of sp³-hybridized carbons (Fsp3) is 0.625. The zero-order chi connectivity index (χ0) is 14.4. The first-order valence-electron chi connectivity index (χ1n) is 7.50. The monoisotopic (exact) mass is 299 g/mol. The predicted octanol–water partition coefficient (Wildman–Crippen LogP) is 4.48. The number of benzene rings is 1. The van der Waals surface area contributed by atoms with Crippen LogP contribution in [-0.4, -0.2) is 19.3 Å². The molecule has 1 aliphatic rings. The highest BCUT2D eigenvalue weighted by Gasteiger charge is 2.18. The Morgan fingerprint density at radius 2 is 2.35 bits per heavy atom. The Morgan fingerprint density at radius 1 is 1.50 bits per heavy atom. The minimum absolute atomic E-state index is 0.0279. The van der Waals surface area contributed by atoms with Crippen LogP contribution in [0.1, 0.15) is 50.6 Å². The zero-order valence-corrected chi connectivity index (χ0v) is 12.8. The average molecular weight is 300 g/mol. The highest BCUT2D eigenvalue weighted by Crippen LogP contribution is 2.27. The summed E-state index contributed by atoms with van der Waals surface area (Å²) in [7, 11) is 0. The first-order chi connectivity index (χ1) is 9.70. The highest BCUT2D eigenvalue weighted by molar-refractivity contribution is 6.30. The van der Waals surface area contributed by atoms with Crippen molar-refractivity contribution in [3.05, 3.63) is 34.6 Å². The molecule has 0 amide bonds. The van der Waals surface area contributed by atoms with Gasteiger partial charge in [0.2, 0.25) is 0 Å². The topological polar surface area (TPSA) is 21.3 Å². The lowest BCUT2D eigenvalue weighted by Crippen LogP contribution is -2.22. The van der Waals surface area contributed by atoms with Crippen LogP contribution in [0.25, 0.3) is 0 Å². The fourth-order valence-corrected chi connectivity index (χ4v) is 3.00. The van der Waals surface area contributed by atoms with Crippen LogP contribution < -0.4 is 5.32 Å². The van der Waals surface area contributed by atoms with Gasteiger partial charge in [-0.15, -0.1) is 0 Å². The summed E-state index contributed by atoms with van der Waals surface area (Å²) in [5.74, 6) is -0.183. The van der Waals surface area contributed by atoms with Crippen LogP contribution in [0.15, 0.2) is 18.2 Å². The second-order valence-electron chi connectivity index (χ2n) is 5.34. The van der Waals surface area contributed by atoms with E-state index in [-0.39, 0.29) is 11.9 Å². The Morgan fingerprint density at radius 3 is 3.05 bits per heavy atom. The quantitative estimate of drug-likeness (QED) is 0.801. The van der Waals surface area contributed by atoms with E-state index in [9.17, 15) is 4.39 Å². The van der Waals surface area contributed by atoms with Crippen molar-refractivity contribution in [2.24, 2.45) is 0 Å². The second-order valence-corrected chi connectivity index (χ2v) is 5.78. The molecule has 2 atom stereocenters. The van der Waals surface area contributed by atoms with Crippen LogP contribution >= 0.6 is 11.6 Å². The van der Waals surface area contributed by atoms with Gasteiger partial charge in [-0.2, -0.15) is 0 Å². The van der Waals surface area contributed by atoms with Gasteiger partial charge in [-0.1, -0.05) is 18.5 Å². The van der Waals surface area contributed by atoms with Crippen molar-refractivity contribution < 1.29 is 9.13 Å². The van der Waals surface area contributed by atoms with Gasteiger partial charge in [0.05, 0.1) is 6.10 Å². The van der Waals surface area contributed by atoms with E-state index >= 15 is 0 Å². The molecule has 1 aromatic carbocycles. The van der Waals surface area contributed by atoms with Crippen molar-refractivity contribution in [2.75, 3.05) is 13.2 Å². The smallest absolute Gasteiger partial charge is 0.128 e. The Kier molecular flexibility index (Phi) is 6.27. The molecule has 1 N–H and O–H groups in total. The minimum atomic E-state index is -0.183. The third-order valence-corrected chi connectivity index (χ3v) is 4.06. The molecule has 1 aliphatic heterocycles. The van der Waals surface area contributed by atoms with Crippen molar-refractivity contribution in [1.29, 1.82) is 0 Å². The summed E-state index contributed by atoms with van der Waals surface area (Å²) in [4.78, 5) is 0. The molecule has 4 heteroatoms. The predicted molar refractivity (Wildman–Crippen MR) is 80.7 cm³/mol. The molecule has 1 heterocycles. The second kappa shape index (κ2) is 7.96. The van der Waals surface area contributed by atoms with Crippen molar-refractivity contribution >= 4 is 11.6 Å². The molecule has 1 aromatic rings. The number of ether oxygens (including phenoxy) is 1.